The molecule has 0 aliphatic carbocycles. The smallest absolute Gasteiger partial charge is 0.170 e. The Hall–Kier alpha value is -1.58. The molecule has 86 valence electrons. The van der Waals surface area contributed by atoms with Gasteiger partial charge in [-0.15, -0.1) is 0 Å². The Kier molecular flexibility index (Phi) is 3.08. The van der Waals surface area contributed by atoms with E-state index >= 15 is 0 Å². The molecule has 4 nitrogen and oxygen atoms in total. The molecule has 0 radical (unpaired) electrons. The number of nitrogens with zero attached hydrogens (tertiary/aromatic N) is 2. The van der Waals surface area contributed by atoms with Gasteiger partial charge in [0.2, 0.25) is 0 Å². The van der Waals surface area contributed by atoms with Crippen LogP contribution in [0.5, 0.6) is 0 Å². The fourth-order valence-electron chi connectivity index (χ4n) is 2.17. The largest absolute Gasteiger partial charge is 0.548 e. The highest BCUT2D eigenvalue weighted by Crippen LogP contribution is 2.23. The summed E-state index contributed by atoms with van der Waals surface area (Å²) in [6.45, 7) is 0.798. The number of carboxylic acid groups (broad SMARTS) is 1. The predicted molar refractivity (Wildman–Crippen MR) is 57.6 cm³/mol. The second-order valence-electron chi connectivity index (χ2n) is 4.25. The van der Waals surface area contributed by atoms with Gasteiger partial charge < -0.3 is 14.8 Å². The topological polar surface area (TPSA) is 47.2 Å². The number of hydrogen-bond donors (Lipinski definition) is 0. The summed E-state index contributed by atoms with van der Waals surface area (Å²) >= 11 is 0. The van der Waals surface area contributed by atoms with Gasteiger partial charge in [0, 0.05) is 24.4 Å². The zero-order valence-corrected chi connectivity index (χ0v) is 9.43. The standard InChI is InChI=1S/C12H16N2O2/c1-13-8-5-10(6-9-13)14-7-3-2-4-11(14)12(15)16/h5-6,8-9,11H,2-4,7H2,1H3. The highest BCUT2D eigenvalue weighted by Gasteiger charge is 2.23. The number of anilines is 1. The summed E-state index contributed by atoms with van der Waals surface area (Å²) in [5.41, 5.74) is 0.965. The Morgan fingerprint density at radius 2 is 2.12 bits per heavy atom. The number of rotatable bonds is 2. The molecule has 0 amide bonds. The van der Waals surface area contributed by atoms with Crippen molar-refractivity contribution in [3.05, 3.63) is 24.5 Å². The zero-order chi connectivity index (χ0) is 11.5. The van der Waals surface area contributed by atoms with Crippen molar-refractivity contribution < 1.29 is 14.5 Å². The second kappa shape index (κ2) is 4.51. The first-order chi connectivity index (χ1) is 7.68. The van der Waals surface area contributed by atoms with Gasteiger partial charge in [0.15, 0.2) is 12.4 Å². The van der Waals surface area contributed by atoms with Crippen LogP contribution in [-0.2, 0) is 11.8 Å². The first kappa shape index (κ1) is 10.9. The molecule has 1 atom stereocenters. The Balaban J connectivity index is 2.23. The van der Waals surface area contributed by atoms with E-state index in [4.69, 9.17) is 0 Å². The summed E-state index contributed by atoms with van der Waals surface area (Å²) in [7, 11) is 1.94. The molecule has 1 fully saturated rings. The van der Waals surface area contributed by atoms with Crippen LogP contribution in [0.3, 0.4) is 0 Å². The van der Waals surface area contributed by atoms with E-state index in [1.54, 1.807) is 0 Å². The Morgan fingerprint density at radius 1 is 1.44 bits per heavy atom. The van der Waals surface area contributed by atoms with E-state index in [1.165, 1.54) is 0 Å². The number of aryl methyl sites for hydroxylation is 1. The van der Waals surface area contributed by atoms with Crippen LogP contribution in [0.4, 0.5) is 5.69 Å². The van der Waals surface area contributed by atoms with Crippen LogP contribution in [0.15, 0.2) is 24.5 Å². The lowest BCUT2D eigenvalue weighted by Gasteiger charge is -2.37. The normalized spacial score (nSPS) is 20.8. The minimum absolute atomic E-state index is 0.471. The molecule has 2 heterocycles. The van der Waals surface area contributed by atoms with Crippen LogP contribution in [0.25, 0.3) is 0 Å². The van der Waals surface area contributed by atoms with Crippen LogP contribution < -0.4 is 14.6 Å². The molecule has 1 saturated heterocycles. The van der Waals surface area contributed by atoms with E-state index in [2.05, 4.69) is 0 Å². The van der Waals surface area contributed by atoms with E-state index in [9.17, 15) is 9.90 Å². The Bertz CT molecular complexity index is 375. The van der Waals surface area contributed by atoms with Crippen molar-refractivity contribution in [1.82, 2.24) is 0 Å². The highest BCUT2D eigenvalue weighted by atomic mass is 16.4. The summed E-state index contributed by atoms with van der Waals surface area (Å²) < 4.78 is 1.93. The summed E-state index contributed by atoms with van der Waals surface area (Å²) in [6, 6.07) is 3.42. The van der Waals surface area contributed by atoms with Gasteiger partial charge in [0.25, 0.3) is 0 Å². The lowest BCUT2D eigenvalue weighted by atomic mass is 10.0. The summed E-state index contributed by atoms with van der Waals surface area (Å²) in [5.74, 6) is -0.965. The summed E-state index contributed by atoms with van der Waals surface area (Å²) in [5, 5.41) is 11.0. The maximum absolute atomic E-state index is 11.0. The molecule has 1 aliphatic rings. The molecule has 0 bridgehead atoms. The van der Waals surface area contributed by atoms with Gasteiger partial charge in [-0.1, -0.05) is 0 Å². The number of carbonyl (C=O) groups excluding carboxylic acids is 1. The number of aromatic nitrogens is 1. The number of carbonyl (C=O) groups is 1. The van der Waals surface area contributed by atoms with Gasteiger partial charge in [-0.25, -0.2) is 4.57 Å². The molecule has 16 heavy (non-hydrogen) atoms. The Morgan fingerprint density at radius 3 is 2.75 bits per heavy atom. The van der Waals surface area contributed by atoms with Crippen LogP contribution in [-0.4, -0.2) is 18.6 Å². The lowest BCUT2D eigenvalue weighted by molar-refractivity contribution is -0.671. The van der Waals surface area contributed by atoms with E-state index in [0.717, 1.165) is 25.1 Å². The molecule has 0 aromatic carbocycles. The van der Waals surface area contributed by atoms with E-state index in [1.807, 2.05) is 41.0 Å². The van der Waals surface area contributed by atoms with Crippen molar-refractivity contribution in [2.75, 3.05) is 11.4 Å². The maximum atomic E-state index is 11.0. The Labute approximate surface area is 95.1 Å². The molecule has 2 rings (SSSR count). The van der Waals surface area contributed by atoms with Gasteiger partial charge in [-0.3, -0.25) is 0 Å². The molecule has 1 unspecified atom stereocenters. The predicted octanol–water partition coefficient (Wildman–Crippen LogP) is -0.380. The molecule has 0 saturated carbocycles. The first-order valence-corrected chi connectivity index (χ1v) is 5.61. The number of pyridine rings is 1. The van der Waals surface area contributed by atoms with Crippen molar-refractivity contribution in [2.24, 2.45) is 7.05 Å². The summed E-state index contributed by atoms with van der Waals surface area (Å²) in [6.07, 6.45) is 6.55. The second-order valence-corrected chi connectivity index (χ2v) is 4.25. The lowest BCUT2D eigenvalue weighted by Crippen LogP contribution is -2.51. The quantitative estimate of drug-likeness (QED) is 0.638. The highest BCUT2D eigenvalue weighted by molar-refractivity contribution is 5.76. The minimum atomic E-state index is -0.965. The third-order valence-corrected chi connectivity index (χ3v) is 3.07. The van der Waals surface area contributed by atoms with Crippen LogP contribution in [0.2, 0.25) is 0 Å². The zero-order valence-electron chi connectivity index (χ0n) is 9.43. The van der Waals surface area contributed by atoms with Crippen molar-refractivity contribution in [1.29, 1.82) is 0 Å². The minimum Gasteiger partial charge on any atom is -0.548 e. The molecule has 0 N–H and O–H groups in total. The SMILES string of the molecule is C[n+]1ccc(N2CCCCC2C(=O)[O-])cc1. The molecule has 1 aromatic rings. The van der Waals surface area contributed by atoms with Gasteiger partial charge in [-0.05, 0) is 19.3 Å². The number of piperidine rings is 1. The van der Waals surface area contributed by atoms with Crippen molar-refractivity contribution in [2.45, 2.75) is 25.3 Å². The molecule has 4 heteroatoms. The average molecular weight is 220 g/mol. The molecule has 1 aromatic heterocycles. The van der Waals surface area contributed by atoms with Crippen LogP contribution in [0, 0.1) is 0 Å². The summed E-state index contributed by atoms with van der Waals surface area (Å²) in [4.78, 5) is 13.0. The van der Waals surface area contributed by atoms with Crippen LogP contribution in [0.1, 0.15) is 19.3 Å². The average Bonchev–Trinajstić information content (AvgIpc) is 2.30. The molecule has 1 aliphatic heterocycles. The van der Waals surface area contributed by atoms with E-state index in [0.29, 0.717) is 6.42 Å². The molecule has 0 spiro atoms. The fraction of sp³-hybridized carbons (Fsp3) is 0.500. The van der Waals surface area contributed by atoms with Gasteiger partial charge in [-0.2, -0.15) is 0 Å². The number of aliphatic carboxylic acids is 1. The van der Waals surface area contributed by atoms with Crippen molar-refractivity contribution >= 4 is 11.7 Å². The molecular weight excluding hydrogens is 204 g/mol. The maximum Gasteiger partial charge on any atom is 0.170 e. The van der Waals surface area contributed by atoms with Gasteiger partial charge >= 0.3 is 0 Å². The monoisotopic (exact) mass is 220 g/mol. The van der Waals surface area contributed by atoms with Crippen molar-refractivity contribution in [3.63, 3.8) is 0 Å². The first-order valence-electron chi connectivity index (χ1n) is 5.61. The van der Waals surface area contributed by atoms with Crippen LogP contribution >= 0.6 is 0 Å². The number of hydrogen-bond acceptors (Lipinski definition) is 3. The van der Waals surface area contributed by atoms with Gasteiger partial charge in [0.1, 0.15) is 7.05 Å². The van der Waals surface area contributed by atoms with Gasteiger partial charge in [0.05, 0.1) is 12.0 Å². The third kappa shape index (κ3) is 2.15. The van der Waals surface area contributed by atoms with E-state index in [-0.39, 0.29) is 0 Å². The van der Waals surface area contributed by atoms with E-state index < -0.39 is 12.0 Å². The third-order valence-electron chi connectivity index (χ3n) is 3.07. The van der Waals surface area contributed by atoms with Crippen molar-refractivity contribution in [3.8, 4) is 0 Å². The fourth-order valence-corrected chi connectivity index (χ4v) is 2.17. The number of carboxylic acids is 1. The molecular formula is C12H16N2O2.